The zero-order chi connectivity index (χ0) is 8.65. The Morgan fingerprint density at radius 3 is 2.36 bits per heavy atom. The van der Waals surface area contributed by atoms with Gasteiger partial charge in [0.15, 0.2) is 0 Å². The summed E-state index contributed by atoms with van der Waals surface area (Å²) in [4.78, 5) is 11.1. The van der Waals surface area contributed by atoms with Gasteiger partial charge >= 0.3 is 0 Å². The summed E-state index contributed by atoms with van der Waals surface area (Å²) in [6.07, 6.45) is -0.792. The van der Waals surface area contributed by atoms with Crippen LogP contribution in [0.3, 0.4) is 0 Å². The van der Waals surface area contributed by atoms with E-state index in [1.165, 1.54) is 0 Å². The topological polar surface area (TPSA) is 69.6 Å². The first-order valence-corrected chi connectivity index (χ1v) is 3.60. The van der Waals surface area contributed by atoms with Crippen molar-refractivity contribution in [1.82, 2.24) is 5.32 Å². The molecular formula is C7H13NO3. The van der Waals surface area contributed by atoms with Gasteiger partial charge in [0, 0.05) is 0 Å². The predicted octanol–water partition coefficient (Wildman–Crippen LogP) is -1.14. The van der Waals surface area contributed by atoms with Crippen molar-refractivity contribution in [2.45, 2.75) is 26.0 Å². The summed E-state index contributed by atoms with van der Waals surface area (Å²) in [6, 6.07) is -0.502. The molecule has 0 aromatic carbocycles. The number of carbonyl (C=O) groups is 1. The minimum absolute atomic E-state index is 0.205. The molecule has 0 spiro atoms. The van der Waals surface area contributed by atoms with E-state index in [0.717, 1.165) is 0 Å². The van der Waals surface area contributed by atoms with E-state index in [4.69, 9.17) is 5.11 Å². The molecule has 4 heteroatoms. The zero-order valence-electron chi connectivity index (χ0n) is 6.66. The summed E-state index contributed by atoms with van der Waals surface area (Å²) in [5, 5.41) is 20.7. The summed E-state index contributed by atoms with van der Waals surface area (Å²) in [5.74, 6) is -0.205. The molecule has 0 saturated carbocycles. The zero-order valence-corrected chi connectivity index (χ0v) is 6.66. The molecule has 1 saturated heterocycles. The molecule has 1 aliphatic rings. The Morgan fingerprint density at radius 2 is 2.18 bits per heavy atom. The fourth-order valence-electron chi connectivity index (χ4n) is 1.22. The Balaban J connectivity index is 2.80. The number of aliphatic hydroxyl groups excluding tert-OH is 2. The van der Waals surface area contributed by atoms with Crippen LogP contribution in [0.1, 0.15) is 13.8 Å². The largest absolute Gasteiger partial charge is 0.394 e. The maximum absolute atomic E-state index is 11.1. The molecule has 0 aromatic rings. The normalized spacial score (nSPS) is 35.5. The maximum atomic E-state index is 11.1. The van der Waals surface area contributed by atoms with Gasteiger partial charge in [0.25, 0.3) is 0 Å². The van der Waals surface area contributed by atoms with Crippen LogP contribution in [0.2, 0.25) is 0 Å². The molecule has 0 radical (unpaired) electrons. The first-order chi connectivity index (χ1) is 5.00. The van der Waals surface area contributed by atoms with E-state index in [1.54, 1.807) is 13.8 Å². The summed E-state index contributed by atoms with van der Waals surface area (Å²) in [7, 11) is 0. The van der Waals surface area contributed by atoms with E-state index < -0.39 is 17.6 Å². The van der Waals surface area contributed by atoms with Crippen molar-refractivity contribution in [3.05, 3.63) is 0 Å². The SMILES string of the molecule is CC1(C)C(=O)N[C@H](CO)[C@@H]1O. The molecule has 11 heavy (non-hydrogen) atoms. The van der Waals surface area contributed by atoms with Crippen LogP contribution in [-0.2, 0) is 4.79 Å². The van der Waals surface area contributed by atoms with Crippen LogP contribution in [0, 0.1) is 5.41 Å². The van der Waals surface area contributed by atoms with E-state index in [0.29, 0.717) is 0 Å². The molecular weight excluding hydrogens is 146 g/mol. The van der Waals surface area contributed by atoms with Gasteiger partial charge in [-0.25, -0.2) is 0 Å². The highest BCUT2D eigenvalue weighted by Gasteiger charge is 2.47. The van der Waals surface area contributed by atoms with Gasteiger partial charge < -0.3 is 15.5 Å². The Bertz CT molecular complexity index is 179. The second-order valence-electron chi connectivity index (χ2n) is 3.43. The van der Waals surface area contributed by atoms with Gasteiger partial charge in [-0.1, -0.05) is 0 Å². The molecule has 64 valence electrons. The first kappa shape index (κ1) is 8.49. The average molecular weight is 159 g/mol. The number of amides is 1. The lowest BCUT2D eigenvalue weighted by Crippen LogP contribution is -2.36. The highest BCUT2D eigenvalue weighted by atomic mass is 16.3. The van der Waals surface area contributed by atoms with Gasteiger partial charge in [0.1, 0.15) is 0 Å². The summed E-state index contributed by atoms with van der Waals surface area (Å²) < 4.78 is 0. The molecule has 4 nitrogen and oxygen atoms in total. The fraction of sp³-hybridized carbons (Fsp3) is 0.857. The minimum atomic E-state index is -0.792. The number of nitrogens with one attached hydrogen (secondary N) is 1. The number of hydrogen-bond donors (Lipinski definition) is 3. The maximum Gasteiger partial charge on any atom is 0.228 e. The van der Waals surface area contributed by atoms with Crippen LogP contribution >= 0.6 is 0 Å². The lowest BCUT2D eigenvalue weighted by molar-refractivity contribution is -0.128. The quantitative estimate of drug-likeness (QED) is 0.453. The molecule has 1 rings (SSSR count). The Kier molecular flexibility index (Phi) is 1.90. The summed E-state index contributed by atoms with van der Waals surface area (Å²) >= 11 is 0. The van der Waals surface area contributed by atoms with Gasteiger partial charge in [-0.05, 0) is 13.8 Å². The lowest BCUT2D eigenvalue weighted by atomic mass is 9.87. The number of hydrogen-bond acceptors (Lipinski definition) is 3. The van der Waals surface area contributed by atoms with E-state index in [9.17, 15) is 9.90 Å². The van der Waals surface area contributed by atoms with Crippen molar-refractivity contribution in [3.63, 3.8) is 0 Å². The molecule has 1 fully saturated rings. The molecule has 0 unspecified atom stereocenters. The number of rotatable bonds is 1. The van der Waals surface area contributed by atoms with Crippen molar-refractivity contribution in [2.24, 2.45) is 5.41 Å². The molecule has 1 heterocycles. The lowest BCUT2D eigenvalue weighted by Gasteiger charge is -2.20. The molecule has 2 atom stereocenters. The molecule has 1 amide bonds. The highest BCUT2D eigenvalue weighted by molar-refractivity contribution is 5.85. The third kappa shape index (κ3) is 1.12. The van der Waals surface area contributed by atoms with Gasteiger partial charge in [0.05, 0.1) is 24.2 Å². The van der Waals surface area contributed by atoms with Crippen LogP contribution in [0.25, 0.3) is 0 Å². The van der Waals surface area contributed by atoms with Crippen LogP contribution in [0.4, 0.5) is 0 Å². The summed E-state index contributed by atoms with van der Waals surface area (Å²) in [6.45, 7) is 3.10. The molecule has 3 N–H and O–H groups in total. The number of carbonyl (C=O) groups excluding carboxylic acids is 1. The molecule has 1 aliphatic heterocycles. The molecule has 0 bridgehead atoms. The van der Waals surface area contributed by atoms with Gasteiger partial charge in [-0.15, -0.1) is 0 Å². The van der Waals surface area contributed by atoms with Crippen molar-refractivity contribution in [1.29, 1.82) is 0 Å². The Labute approximate surface area is 65.2 Å². The molecule has 0 aliphatic carbocycles. The van der Waals surface area contributed by atoms with E-state index in [-0.39, 0.29) is 12.5 Å². The van der Waals surface area contributed by atoms with Gasteiger partial charge in [-0.2, -0.15) is 0 Å². The van der Waals surface area contributed by atoms with Crippen LogP contribution < -0.4 is 5.32 Å². The van der Waals surface area contributed by atoms with E-state index in [1.807, 2.05) is 0 Å². The Hall–Kier alpha value is -0.610. The highest BCUT2D eigenvalue weighted by Crippen LogP contribution is 2.28. The third-order valence-electron chi connectivity index (χ3n) is 2.22. The Morgan fingerprint density at radius 1 is 1.64 bits per heavy atom. The van der Waals surface area contributed by atoms with Gasteiger partial charge in [-0.3, -0.25) is 4.79 Å². The standard InChI is InChI=1S/C7H13NO3/c1-7(2)5(10)4(3-9)8-6(7)11/h4-5,9-10H,3H2,1-2H3,(H,8,11)/t4-,5+/m1/s1. The predicted molar refractivity (Wildman–Crippen MR) is 38.8 cm³/mol. The van der Waals surface area contributed by atoms with E-state index >= 15 is 0 Å². The van der Waals surface area contributed by atoms with Crippen molar-refractivity contribution >= 4 is 5.91 Å². The van der Waals surface area contributed by atoms with Gasteiger partial charge in [0.2, 0.25) is 5.91 Å². The monoisotopic (exact) mass is 159 g/mol. The van der Waals surface area contributed by atoms with Crippen LogP contribution in [0.5, 0.6) is 0 Å². The summed E-state index contributed by atoms with van der Waals surface area (Å²) in [5.41, 5.74) is -0.770. The average Bonchev–Trinajstić information content (AvgIpc) is 2.14. The van der Waals surface area contributed by atoms with Crippen LogP contribution in [-0.4, -0.2) is 34.9 Å². The number of aliphatic hydroxyl groups is 2. The van der Waals surface area contributed by atoms with Crippen LogP contribution in [0.15, 0.2) is 0 Å². The smallest absolute Gasteiger partial charge is 0.228 e. The second-order valence-corrected chi connectivity index (χ2v) is 3.43. The fourth-order valence-corrected chi connectivity index (χ4v) is 1.22. The first-order valence-electron chi connectivity index (χ1n) is 3.60. The van der Waals surface area contributed by atoms with Crippen molar-refractivity contribution < 1.29 is 15.0 Å². The molecule has 0 aromatic heterocycles. The van der Waals surface area contributed by atoms with Crippen molar-refractivity contribution in [3.8, 4) is 0 Å². The van der Waals surface area contributed by atoms with Crippen molar-refractivity contribution in [2.75, 3.05) is 6.61 Å². The van der Waals surface area contributed by atoms with E-state index in [2.05, 4.69) is 5.32 Å². The third-order valence-corrected chi connectivity index (χ3v) is 2.22. The second kappa shape index (κ2) is 2.46. The minimum Gasteiger partial charge on any atom is -0.394 e.